The number of anilines is 1. The van der Waals surface area contributed by atoms with Crippen molar-refractivity contribution in [2.24, 2.45) is 0 Å². The lowest BCUT2D eigenvalue weighted by Gasteiger charge is -2.35. The molecule has 4 heterocycles. The lowest BCUT2D eigenvalue weighted by molar-refractivity contribution is 0.313. The Bertz CT molecular complexity index is 774. The number of fused-ring (bicyclic) bond motifs is 1. The molecule has 1 N–H and O–H groups in total. The normalized spacial score (nSPS) is 16.3. The molecule has 0 aromatic carbocycles. The van der Waals surface area contributed by atoms with E-state index in [4.69, 9.17) is 0 Å². The molecule has 6 nitrogen and oxygen atoms in total. The maximum absolute atomic E-state index is 4.47. The molecule has 0 bridgehead atoms. The molecule has 1 radical (unpaired) electrons. The van der Waals surface area contributed by atoms with Crippen LogP contribution in [0.1, 0.15) is 0 Å². The van der Waals surface area contributed by atoms with Crippen molar-refractivity contribution < 1.29 is 0 Å². The number of hydrogen-bond donors (Lipinski definition) is 1. The fourth-order valence-electron chi connectivity index (χ4n) is 2.92. The lowest BCUT2D eigenvalue weighted by atomic mass is 10.0. The average molecular weight is 293 g/mol. The minimum atomic E-state index is 0.779. The standard InChI is InChI=1S/C16H17N6/c1-21-5-7-22(8-6-21)15-13(12-3-2-4-17-9-12)10-18-16-14(15)11-19-20-16/h2-4,9-10H,5-8H2,1H3,(H,18,19,20). The zero-order valence-electron chi connectivity index (χ0n) is 12.5. The van der Waals surface area contributed by atoms with E-state index in [-0.39, 0.29) is 0 Å². The van der Waals surface area contributed by atoms with Crippen LogP contribution in [0.2, 0.25) is 0 Å². The van der Waals surface area contributed by atoms with Gasteiger partial charge in [-0.1, -0.05) is 6.07 Å². The van der Waals surface area contributed by atoms with Crippen molar-refractivity contribution in [3.8, 4) is 11.1 Å². The van der Waals surface area contributed by atoms with E-state index in [1.54, 1.807) is 6.20 Å². The van der Waals surface area contributed by atoms with Gasteiger partial charge in [0.2, 0.25) is 0 Å². The van der Waals surface area contributed by atoms with Gasteiger partial charge < -0.3 is 9.80 Å². The van der Waals surface area contributed by atoms with Crippen LogP contribution in [0, 0.1) is 6.20 Å². The molecule has 0 saturated carbocycles. The molecule has 22 heavy (non-hydrogen) atoms. The number of rotatable bonds is 2. The van der Waals surface area contributed by atoms with Gasteiger partial charge in [0, 0.05) is 55.9 Å². The van der Waals surface area contributed by atoms with Gasteiger partial charge in [-0.15, -0.1) is 0 Å². The van der Waals surface area contributed by atoms with Crippen LogP contribution in [0.15, 0.2) is 30.7 Å². The molecule has 1 fully saturated rings. The molecule has 0 atom stereocenters. The molecule has 1 aliphatic rings. The van der Waals surface area contributed by atoms with Crippen molar-refractivity contribution in [3.05, 3.63) is 36.9 Å². The predicted octanol–water partition coefficient (Wildman–Crippen LogP) is 1.57. The fraction of sp³-hybridized carbons (Fsp3) is 0.312. The summed E-state index contributed by atoms with van der Waals surface area (Å²) in [5, 5.41) is 7.91. The molecular weight excluding hydrogens is 276 g/mol. The van der Waals surface area contributed by atoms with Crippen LogP contribution in [0.5, 0.6) is 0 Å². The summed E-state index contributed by atoms with van der Waals surface area (Å²) in [5.41, 5.74) is 4.09. The van der Waals surface area contributed by atoms with Gasteiger partial charge in [0.15, 0.2) is 5.65 Å². The summed E-state index contributed by atoms with van der Waals surface area (Å²) in [6, 6.07) is 4.02. The van der Waals surface area contributed by atoms with E-state index in [1.165, 1.54) is 0 Å². The van der Waals surface area contributed by atoms with Gasteiger partial charge in [0.1, 0.15) is 6.20 Å². The number of likely N-dealkylation sites (N-methyl/N-ethyl adjacent to an activating group) is 1. The molecule has 3 aromatic rings. The summed E-state index contributed by atoms with van der Waals surface area (Å²) in [5.74, 6) is 0. The molecule has 1 saturated heterocycles. The summed E-state index contributed by atoms with van der Waals surface area (Å²) in [7, 11) is 2.16. The molecule has 0 unspecified atom stereocenters. The van der Waals surface area contributed by atoms with Crippen molar-refractivity contribution >= 4 is 16.7 Å². The van der Waals surface area contributed by atoms with E-state index < -0.39 is 0 Å². The second kappa shape index (κ2) is 5.38. The molecule has 0 aliphatic carbocycles. The van der Waals surface area contributed by atoms with Gasteiger partial charge in [-0.3, -0.25) is 10.1 Å². The molecule has 4 rings (SSSR count). The predicted molar refractivity (Wildman–Crippen MR) is 85.7 cm³/mol. The Labute approximate surface area is 128 Å². The number of nitrogens with zero attached hydrogens (tertiary/aromatic N) is 5. The highest BCUT2D eigenvalue weighted by atomic mass is 15.3. The lowest BCUT2D eigenvalue weighted by Crippen LogP contribution is -2.44. The number of aromatic amines is 1. The third kappa shape index (κ3) is 2.21. The topological polar surface area (TPSA) is 60.9 Å². The molecule has 3 aromatic heterocycles. The molecule has 0 spiro atoms. The van der Waals surface area contributed by atoms with Crippen molar-refractivity contribution in [2.75, 3.05) is 38.1 Å². The minimum absolute atomic E-state index is 0.779. The summed E-state index contributed by atoms with van der Waals surface area (Å²) in [4.78, 5) is 13.5. The Hall–Kier alpha value is -2.47. The van der Waals surface area contributed by atoms with Crippen LogP contribution < -0.4 is 4.90 Å². The quantitative estimate of drug-likeness (QED) is 0.777. The highest BCUT2D eigenvalue weighted by Gasteiger charge is 2.21. The summed E-state index contributed by atoms with van der Waals surface area (Å²) >= 11 is 0. The highest BCUT2D eigenvalue weighted by Crippen LogP contribution is 2.35. The van der Waals surface area contributed by atoms with E-state index in [9.17, 15) is 0 Å². The van der Waals surface area contributed by atoms with E-state index in [0.29, 0.717) is 0 Å². The van der Waals surface area contributed by atoms with Crippen LogP contribution >= 0.6 is 0 Å². The van der Waals surface area contributed by atoms with Crippen molar-refractivity contribution in [2.45, 2.75) is 0 Å². The third-order valence-corrected chi connectivity index (χ3v) is 4.17. The second-order valence-electron chi connectivity index (χ2n) is 5.61. The molecular formula is C16H17N6. The Morgan fingerprint density at radius 2 is 2.05 bits per heavy atom. The number of nitrogens with one attached hydrogen (secondary N) is 1. The van der Waals surface area contributed by atoms with Crippen LogP contribution in [0.3, 0.4) is 0 Å². The Kier molecular flexibility index (Phi) is 3.23. The first-order valence-electron chi connectivity index (χ1n) is 7.41. The third-order valence-electron chi connectivity index (χ3n) is 4.17. The molecule has 111 valence electrons. The van der Waals surface area contributed by atoms with E-state index in [1.807, 2.05) is 18.5 Å². The van der Waals surface area contributed by atoms with Crippen molar-refractivity contribution in [3.63, 3.8) is 0 Å². The van der Waals surface area contributed by atoms with Crippen LogP contribution in [-0.2, 0) is 0 Å². The first-order chi connectivity index (χ1) is 10.8. The zero-order valence-corrected chi connectivity index (χ0v) is 12.5. The largest absolute Gasteiger partial charge is 0.368 e. The Balaban J connectivity index is 1.88. The van der Waals surface area contributed by atoms with Crippen molar-refractivity contribution in [1.29, 1.82) is 0 Å². The number of piperazine rings is 1. The summed E-state index contributed by atoms with van der Waals surface area (Å²) < 4.78 is 0. The SMILES string of the molecule is CN1CCN(c2c(-c3cccnc3)cnc3[nH]n[c]c23)CC1. The zero-order chi connectivity index (χ0) is 14.9. The van der Waals surface area contributed by atoms with E-state index in [2.05, 4.69) is 49.3 Å². The van der Waals surface area contributed by atoms with Gasteiger partial charge in [0.25, 0.3) is 0 Å². The van der Waals surface area contributed by atoms with Crippen LogP contribution in [-0.4, -0.2) is 58.3 Å². The maximum atomic E-state index is 4.47. The number of pyridine rings is 2. The van der Waals surface area contributed by atoms with Gasteiger partial charge in [-0.25, -0.2) is 4.98 Å². The number of H-pyrrole nitrogens is 1. The average Bonchev–Trinajstić information content (AvgIpc) is 3.04. The Morgan fingerprint density at radius 1 is 1.18 bits per heavy atom. The van der Waals surface area contributed by atoms with E-state index >= 15 is 0 Å². The van der Waals surface area contributed by atoms with Gasteiger partial charge >= 0.3 is 0 Å². The molecule has 0 amide bonds. The Morgan fingerprint density at radius 3 is 2.82 bits per heavy atom. The van der Waals surface area contributed by atoms with Gasteiger partial charge in [-0.05, 0) is 13.1 Å². The smallest absolute Gasteiger partial charge is 0.157 e. The minimum Gasteiger partial charge on any atom is -0.368 e. The fourth-order valence-corrected chi connectivity index (χ4v) is 2.92. The molecule has 1 aliphatic heterocycles. The first kappa shape index (κ1) is 13.2. The molecule has 6 heteroatoms. The monoisotopic (exact) mass is 293 g/mol. The highest BCUT2D eigenvalue weighted by molar-refractivity contribution is 5.97. The number of aromatic nitrogens is 4. The van der Waals surface area contributed by atoms with Gasteiger partial charge in [0.05, 0.1) is 11.1 Å². The van der Waals surface area contributed by atoms with E-state index in [0.717, 1.165) is 54.0 Å². The summed E-state index contributed by atoms with van der Waals surface area (Å²) in [6.07, 6.45) is 8.63. The summed E-state index contributed by atoms with van der Waals surface area (Å²) in [6.45, 7) is 4.08. The van der Waals surface area contributed by atoms with Crippen LogP contribution in [0.25, 0.3) is 22.2 Å². The van der Waals surface area contributed by atoms with Gasteiger partial charge in [-0.2, -0.15) is 5.10 Å². The number of hydrogen-bond acceptors (Lipinski definition) is 5. The van der Waals surface area contributed by atoms with Crippen LogP contribution in [0.4, 0.5) is 5.69 Å². The maximum Gasteiger partial charge on any atom is 0.157 e. The van der Waals surface area contributed by atoms with Crippen molar-refractivity contribution in [1.82, 2.24) is 25.1 Å². The first-order valence-corrected chi connectivity index (χ1v) is 7.41. The second-order valence-corrected chi connectivity index (χ2v) is 5.61.